The molecular weight excluding hydrogens is 512 g/mol. The first-order chi connectivity index (χ1) is 20.0. The van der Waals surface area contributed by atoms with Gasteiger partial charge < -0.3 is 14.5 Å². The second-order valence-corrected chi connectivity index (χ2v) is 10.4. The zero-order valence-electron chi connectivity index (χ0n) is 23.0. The largest absolute Gasteiger partial charge is 0.465 e. The van der Waals surface area contributed by atoms with Crippen molar-refractivity contribution >= 4 is 40.1 Å². The monoisotopic (exact) mass is 542 g/mol. The molecule has 0 saturated heterocycles. The number of hydrogen-bond donors (Lipinski definition) is 1. The fraction of sp³-hybridized carbons (Fsp3) is 0.171. The molecule has 1 aliphatic rings. The maximum atomic E-state index is 14.1. The van der Waals surface area contributed by atoms with Crippen LogP contribution in [0.1, 0.15) is 63.0 Å². The Balaban J connectivity index is 1.41. The summed E-state index contributed by atoms with van der Waals surface area (Å²) in [6, 6.07) is 26.3. The number of fused-ring (bicyclic) bond motifs is 2. The van der Waals surface area contributed by atoms with Gasteiger partial charge in [-0.1, -0.05) is 54.6 Å². The van der Waals surface area contributed by atoms with Gasteiger partial charge in [0.2, 0.25) is 6.10 Å². The maximum absolute atomic E-state index is 14.1. The number of aromatic nitrogens is 1. The smallest absolute Gasteiger partial charge is 0.340 e. The van der Waals surface area contributed by atoms with Crippen molar-refractivity contribution in [2.24, 2.45) is 0 Å². The molecule has 1 aliphatic carbocycles. The Morgan fingerprint density at radius 2 is 1.68 bits per heavy atom. The van der Waals surface area contributed by atoms with Crippen molar-refractivity contribution in [1.29, 1.82) is 0 Å². The molecule has 1 atom stereocenters. The van der Waals surface area contributed by atoms with Crippen LogP contribution in [0.3, 0.4) is 0 Å². The summed E-state index contributed by atoms with van der Waals surface area (Å²) >= 11 is 0. The van der Waals surface area contributed by atoms with E-state index in [-0.39, 0.29) is 0 Å². The minimum absolute atomic E-state index is 0.416. The van der Waals surface area contributed by atoms with Gasteiger partial charge in [0.1, 0.15) is 5.76 Å². The molecule has 0 spiro atoms. The third kappa shape index (κ3) is 5.54. The summed E-state index contributed by atoms with van der Waals surface area (Å²) in [5, 5.41) is 3.67. The highest BCUT2D eigenvalue weighted by atomic mass is 16.5. The van der Waals surface area contributed by atoms with Crippen LogP contribution in [0.2, 0.25) is 0 Å². The van der Waals surface area contributed by atoms with Gasteiger partial charge in [-0.05, 0) is 91.8 Å². The number of benzene rings is 3. The standard InChI is InChI=1S/C35H30N2O4/c1-22-18-23(2)20-26(19-22)36-34(38)33(24-10-4-3-5-11-24)41-35(39)31-28-14-6-7-16-30(28)37-32-25(12-8-15-29(31)32)21-27-13-9-17-40-27/h3-7,9-11,13-14,16-21,33H,8,12,15H2,1-2H3,(H,36,38)/b25-21-/t33-/m1/s1. The highest BCUT2D eigenvalue weighted by Crippen LogP contribution is 2.37. The Hall–Kier alpha value is -4.97. The van der Waals surface area contributed by atoms with Crippen LogP contribution >= 0.6 is 0 Å². The molecule has 2 aromatic heterocycles. The van der Waals surface area contributed by atoms with Gasteiger partial charge in [0.05, 0.1) is 23.0 Å². The summed E-state index contributed by atoms with van der Waals surface area (Å²) < 4.78 is 11.7. The van der Waals surface area contributed by atoms with Crippen LogP contribution in [0.5, 0.6) is 0 Å². The first-order valence-corrected chi connectivity index (χ1v) is 13.8. The molecule has 3 aromatic carbocycles. The Labute approximate surface area is 238 Å². The summed E-state index contributed by atoms with van der Waals surface area (Å²) in [5.74, 6) is -0.233. The van der Waals surface area contributed by atoms with E-state index >= 15 is 0 Å². The van der Waals surface area contributed by atoms with Crippen molar-refractivity contribution in [2.45, 2.75) is 39.2 Å². The van der Waals surface area contributed by atoms with E-state index in [4.69, 9.17) is 14.1 Å². The summed E-state index contributed by atoms with van der Waals surface area (Å²) in [6.07, 6.45) is 4.83. The van der Waals surface area contributed by atoms with Gasteiger partial charge in [0, 0.05) is 16.6 Å². The number of rotatable bonds is 6. The highest BCUT2D eigenvalue weighted by molar-refractivity contribution is 6.08. The average molecular weight is 543 g/mol. The van der Waals surface area contributed by atoms with Crippen LogP contribution in [0, 0.1) is 13.8 Å². The summed E-state index contributed by atoms with van der Waals surface area (Å²) in [5.41, 5.74) is 7.07. The average Bonchev–Trinajstić information content (AvgIpc) is 3.48. The molecular formula is C35H30N2O4. The molecule has 2 heterocycles. The van der Waals surface area contributed by atoms with Gasteiger partial charge in [-0.2, -0.15) is 0 Å². The quantitative estimate of drug-likeness (QED) is 0.221. The Morgan fingerprint density at radius 3 is 2.44 bits per heavy atom. The molecule has 0 aliphatic heterocycles. The fourth-order valence-electron chi connectivity index (χ4n) is 5.57. The normalized spacial score (nSPS) is 14.4. The van der Waals surface area contributed by atoms with Crippen molar-refractivity contribution in [3.05, 3.63) is 130 Å². The van der Waals surface area contributed by atoms with Crippen LogP contribution in [0.25, 0.3) is 22.6 Å². The van der Waals surface area contributed by atoms with Crippen molar-refractivity contribution in [2.75, 3.05) is 5.32 Å². The second kappa shape index (κ2) is 11.3. The minimum atomic E-state index is -1.14. The number of carbonyl (C=O) groups excluding carboxylic acids is 2. The van der Waals surface area contributed by atoms with E-state index in [2.05, 4.69) is 5.32 Å². The number of hydrogen-bond acceptors (Lipinski definition) is 5. The van der Waals surface area contributed by atoms with E-state index in [1.807, 2.05) is 92.7 Å². The molecule has 204 valence electrons. The van der Waals surface area contributed by atoms with Crippen molar-refractivity contribution in [3.63, 3.8) is 0 Å². The lowest BCUT2D eigenvalue weighted by atomic mass is 9.86. The molecule has 1 N–H and O–H groups in total. The predicted octanol–water partition coefficient (Wildman–Crippen LogP) is 7.86. The van der Waals surface area contributed by atoms with Gasteiger partial charge in [-0.3, -0.25) is 4.79 Å². The first-order valence-electron chi connectivity index (χ1n) is 13.8. The van der Waals surface area contributed by atoms with Crippen LogP contribution in [-0.2, 0) is 16.0 Å². The van der Waals surface area contributed by atoms with Crippen LogP contribution in [0.4, 0.5) is 5.69 Å². The van der Waals surface area contributed by atoms with Crippen LogP contribution in [0.15, 0.2) is 95.6 Å². The third-order valence-electron chi connectivity index (χ3n) is 7.29. The number of esters is 1. The maximum Gasteiger partial charge on any atom is 0.340 e. The van der Waals surface area contributed by atoms with Crippen molar-refractivity contribution in [1.82, 2.24) is 4.98 Å². The van der Waals surface area contributed by atoms with E-state index < -0.39 is 18.0 Å². The minimum Gasteiger partial charge on any atom is -0.465 e. The number of anilines is 1. The van der Waals surface area contributed by atoms with Gasteiger partial charge >= 0.3 is 5.97 Å². The van der Waals surface area contributed by atoms with Gasteiger partial charge in [-0.25, -0.2) is 9.78 Å². The number of para-hydroxylation sites is 1. The predicted molar refractivity (Wildman–Crippen MR) is 160 cm³/mol. The fourth-order valence-corrected chi connectivity index (χ4v) is 5.57. The Morgan fingerprint density at radius 1 is 0.927 bits per heavy atom. The number of furan rings is 1. The molecule has 0 radical (unpaired) electrons. The molecule has 0 bridgehead atoms. The Kier molecular flexibility index (Phi) is 7.21. The van der Waals surface area contributed by atoms with Crippen molar-refractivity contribution in [3.8, 4) is 0 Å². The number of pyridine rings is 1. The topological polar surface area (TPSA) is 81.4 Å². The lowest BCUT2D eigenvalue weighted by Crippen LogP contribution is -2.27. The summed E-state index contributed by atoms with van der Waals surface area (Å²) in [7, 11) is 0. The second-order valence-electron chi connectivity index (χ2n) is 10.4. The number of nitrogens with one attached hydrogen (secondary N) is 1. The number of nitrogens with zero attached hydrogens (tertiary/aromatic N) is 1. The summed E-state index contributed by atoms with van der Waals surface area (Å²) in [4.78, 5) is 32.8. The number of aryl methyl sites for hydroxylation is 2. The number of amides is 1. The molecule has 6 rings (SSSR count). The van der Waals surface area contributed by atoms with E-state index in [1.54, 1.807) is 18.4 Å². The molecule has 0 fully saturated rings. The molecule has 6 nitrogen and oxygen atoms in total. The zero-order valence-corrected chi connectivity index (χ0v) is 23.0. The molecule has 41 heavy (non-hydrogen) atoms. The lowest BCUT2D eigenvalue weighted by Gasteiger charge is -2.24. The SMILES string of the molecule is Cc1cc(C)cc(NC(=O)[C@H](OC(=O)c2c3c(nc4ccccc24)/C(=C\c2ccco2)CCC3)c2ccccc2)c1. The first kappa shape index (κ1) is 26.3. The van der Waals surface area contributed by atoms with Crippen LogP contribution < -0.4 is 5.32 Å². The molecule has 1 amide bonds. The molecule has 6 heteroatoms. The zero-order chi connectivity index (χ0) is 28.3. The Bertz CT molecular complexity index is 1750. The van der Waals surface area contributed by atoms with Gasteiger partial charge in [0.25, 0.3) is 5.91 Å². The van der Waals surface area contributed by atoms with E-state index in [0.29, 0.717) is 34.1 Å². The van der Waals surface area contributed by atoms with Crippen molar-refractivity contribution < 1.29 is 18.7 Å². The lowest BCUT2D eigenvalue weighted by molar-refractivity contribution is -0.125. The number of carbonyl (C=O) groups is 2. The molecule has 0 saturated carbocycles. The van der Waals surface area contributed by atoms with Crippen LogP contribution in [-0.4, -0.2) is 16.9 Å². The number of allylic oxidation sites excluding steroid dienone is 1. The van der Waals surface area contributed by atoms with E-state index in [0.717, 1.165) is 46.6 Å². The highest BCUT2D eigenvalue weighted by Gasteiger charge is 2.31. The molecule has 0 unspecified atom stereocenters. The number of ether oxygens (including phenoxy) is 1. The summed E-state index contributed by atoms with van der Waals surface area (Å²) in [6.45, 7) is 3.95. The van der Waals surface area contributed by atoms with Gasteiger partial charge in [0.15, 0.2) is 0 Å². The van der Waals surface area contributed by atoms with E-state index in [9.17, 15) is 9.59 Å². The van der Waals surface area contributed by atoms with E-state index in [1.165, 1.54) is 0 Å². The third-order valence-corrected chi connectivity index (χ3v) is 7.29. The van der Waals surface area contributed by atoms with Gasteiger partial charge in [-0.15, -0.1) is 0 Å². The molecule has 5 aromatic rings.